The number of carbonyl (C=O) groups excluding carboxylic acids is 2. The van der Waals surface area contributed by atoms with Crippen LogP contribution in [0.5, 0.6) is 5.75 Å². The van der Waals surface area contributed by atoms with E-state index in [0.717, 1.165) is 24.0 Å². The summed E-state index contributed by atoms with van der Waals surface area (Å²) >= 11 is 0. The summed E-state index contributed by atoms with van der Waals surface area (Å²) in [7, 11) is 0. The first-order valence-electron chi connectivity index (χ1n) is 9.31. The van der Waals surface area contributed by atoms with Gasteiger partial charge < -0.3 is 4.74 Å². The molecule has 1 aromatic carbocycles. The number of hydrogen-bond acceptors (Lipinski definition) is 3. The van der Waals surface area contributed by atoms with Crippen LogP contribution in [0.3, 0.4) is 0 Å². The molecule has 1 saturated carbocycles. The number of ketones is 1. The van der Waals surface area contributed by atoms with Gasteiger partial charge in [0.1, 0.15) is 5.75 Å². The van der Waals surface area contributed by atoms with Gasteiger partial charge in [0.05, 0.1) is 5.92 Å². The van der Waals surface area contributed by atoms with E-state index in [0.29, 0.717) is 18.1 Å². The molecular formula is C21H30O3. The average molecular weight is 330 g/mol. The molecule has 0 N–H and O–H groups in total. The van der Waals surface area contributed by atoms with Crippen LogP contribution in [0, 0.1) is 11.8 Å². The predicted molar refractivity (Wildman–Crippen MR) is 96.5 cm³/mol. The molecule has 0 aliphatic heterocycles. The molecular weight excluding hydrogens is 300 g/mol. The van der Waals surface area contributed by atoms with Crippen molar-refractivity contribution < 1.29 is 14.3 Å². The monoisotopic (exact) mass is 330 g/mol. The fourth-order valence-corrected chi connectivity index (χ4v) is 3.97. The normalized spacial score (nSPS) is 25.2. The second kappa shape index (κ2) is 7.50. The van der Waals surface area contributed by atoms with Crippen molar-refractivity contribution in [3.8, 4) is 5.75 Å². The predicted octanol–water partition coefficient (Wildman–Crippen LogP) is 5.31. The highest BCUT2D eigenvalue weighted by atomic mass is 16.5. The van der Waals surface area contributed by atoms with Crippen LogP contribution in [-0.4, -0.2) is 11.8 Å². The molecule has 1 fully saturated rings. The third kappa shape index (κ3) is 3.40. The van der Waals surface area contributed by atoms with Crippen molar-refractivity contribution in [3.05, 3.63) is 29.3 Å². The van der Waals surface area contributed by atoms with Gasteiger partial charge in [0.15, 0.2) is 5.78 Å². The maximum absolute atomic E-state index is 12.5. The van der Waals surface area contributed by atoms with Crippen LogP contribution in [0.1, 0.15) is 82.6 Å². The zero-order chi connectivity index (χ0) is 17.9. The lowest BCUT2D eigenvalue weighted by Crippen LogP contribution is -2.41. The van der Waals surface area contributed by atoms with Gasteiger partial charge in [0, 0.05) is 12.0 Å². The van der Waals surface area contributed by atoms with Gasteiger partial charge in [-0.3, -0.25) is 9.59 Å². The van der Waals surface area contributed by atoms with Crippen molar-refractivity contribution >= 4 is 11.8 Å². The molecule has 132 valence electrons. The van der Waals surface area contributed by atoms with E-state index >= 15 is 0 Å². The van der Waals surface area contributed by atoms with E-state index in [2.05, 4.69) is 6.92 Å². The van der Waals surface area contributed by atoms with Crippen molar-refractivity contribution in [2.75, 3.05) is 0 Å². The Balaban J connectivity index is 0.00000100. The maximum Gasteiger partial charge on any atom is 0.313 e. The number of carbonyl (C=O) groups is 2. The standard InChI is InChI=1S/C19H24O3.C2H6/c1-12(2)18(21)22-14-7-8-16-15(11-14)17(20)10-13-6-4-5-9-19(13,16)3;1-2/h7-8,11-13H,4-6,9-10H2,1-3H3;1-2H3/t13?,19-;/m0./s1. The highest BCUT2D eigenvalue weighted by Crippen LogP contribution is 2.50. The van der Waals surface area contributed by atoms with Crippen molar-refractivity contribution in [1.29, 1.82) is 0 Å². The van der Waals surface area contributed by atoms with E-state index in [9.17, 15) is 9.59 Å². The number of benzene rings is 1. The Morgan fingerprint density at radius 1 is 1.25 bits per heavy atom. The van der Waals surface area contributed by atoms with Crippen molar-refractivity contribution in [2.45, 2.75) is 72.1 Å². The van der Waals surface area contributed by atoms with Crippen LogP contribution in [0.4, 0.5) is 0 Å². The van der Waals surface area contributed by atoms with Gasteiger partial charge in [0.25, 0.3) is 0 Å². The second-order valence-corrected chi connectivity index (χ2v) is 7.27. The van der Waals surface area contributed by atoms with Gasteiger partial charge in [-0.2, -0.15) is 0 Å². The van der Waals surface area contributed by atoms with E-state index in [1.807, 2.05) is 26.0 Å². The Hall–Kier alpha value is -1.64. The van der Waals surface area contributed by atoms with E-state index in [1.165, 1.54) is 12.8 Å². The molecule has 0 amide bonds. The Kier molecular flexibility index (Phi) is 5.84. The number of ether oxygens (including phenoxy) is 1. The average Bonchev–Trinajstić information content (AvgIpc) is 2.58. The zero-order valence-corrected chi connectivity index (χ0v) is 15.6. The minimum absolute atomic E-state index is 0.0993. The van der Waals surface area contributed by atoms with Gasteiger partial charge in [-0.1, -0.05) is 53.5 Å². The van der Waals surface area contributed by atoms with Crippen LogP contribution in [0.25, 0.3) is 0 Å². The molecule has 2 aliphatic carbocycles. The van der Waals surface area contributed by atoms with Gasteiger partial charge in [-0.05, 0) is 41.9 Å². The molecule has 2 atom stereocenters. The van der Waals surface area contributed by atoms with Crippen LogP contribution < -0.4 is 4.74 Å². The first-order valence-corrected chi connectivity index (χ1v) is 9.31. The highest BCUT2D eigenvalue weighted by molar-refractivity contribution is 6.00. The van der Waals surface area contributed by atoms with Gasteiger partial charge in [0.2, 0.25) is 0 Å². The fraction of sp³-hybridized carbons (Fsp3) is 0.619. The molecule has 0 heterocycles. The number of hydrogen-bond donors (Lipinski definition) is 0. The topological polar surface area (TPSA) is 43.4 Å². The van der Waals surface area contributed by atoms with Crippen molar-refractivity contribution in [1.82, 2.24) is 0 Å². The maximum atomic E-state index is 12.5. The lowest BCUT2D eigenvalue weighted by molar-refractivity contribution is -0.137. The minimum atomic E-state index is -0.259. The van der Waals surface area contributed by atoms with Gasteiger partial charge >= 0.3 is 5.97 Å². The molecule has 3 nitrogen and oxygen atoms in total. The molecule has 0 bridgehead atoms. The molecule has 3 rings (SSSR count). The lowest BCUT2D eigenvalue weighted by Gasteiger charge is -2.45. The molecule has 0 spiro atoms. The Morgan fingerprint density at radius 3 is 2.62 bits per heavy atom. The van der Waals surface area contributed by atoms with Gasteiger partial charge in [-0.25, -0.2) is 0 Å². The second-order valence-electron chi connectivity index (χ2n) is 7.27. The molecule has 24 heavy (non-hydrogen) atoms. The summed E-state index contributed by atoms with van der Waals surface area (Å²) in [5.41, 5.74) is 2.01. The summed E-state index contributed by atoms with van der Waals surface area (Å²) in [6.07, 6.45) is 5.37. The number of rotatable bonds is 2. The number of Topliss-reactive ketones (excluding diaryl/α,β-unsaturated/α-hetero) is 1. The Labute approximate surface area is 145 Å². The lowest BCUT2D eigenvalue weighted by atomic mass is 9.58. The fourth-order valence-electron chi connectivity index (χ4n) is 3.97. The van der Waals surface area contributed by atoms with E-state index in [-0.39, 0.29) is 23.1 Å². The third-order valence-corrected chi connectivity index (χ3v) is 5.43. The Morgan fingerprint density at radius 2 is 1.96 bits per heavy atom. The Bertz CT molecular complexity index is 618. The summed E-state index contributed by atoms with van der Waals surface area (Å²) in [5, 5.41) is 0. The highest BCUT2D eigenvalue weighted by Gasteiger charge is 2.44. The first-order chi connectivity index (χ1) is 11.4. The van der Waals surface area contributed by atoms with Crippen LogP contribution in [0.2, 0.25) is 0 Å². The molecule has 2 aliphatic rings. The first kappa shape index (κ1) is 18.7. The molecule has 0 radical (unpaired) electrons. The molecule has 3 heteroatoms. The van der Waals surface area contributed by atoms with Gasteiger partial charge in [-0.15, -0.1) is 0 Å². The largest absolute Gasteiger partial charge is 0.426 e. The molecule has 1 unspecified atom stereocenters. The quantitative estimate of drug-likeness (QED) is 0.545. The summed E-state index contributed by atoms with van der Waals surface area (Å²) in [6.45, 7) is 9.90. The van der Waals surface area contributed by atoms with E-state index in [1.54, 1.807) is 19.9 Å². The third-order valence-electron chi connectivity index (χ3n) is 5.43. The number of fused-ring (bicyclic) bond motifs is 3. The molecule has 0 aromatic heterocycles. The minimum Gasteiger partial charge on any atom is -0.426 e. The van der Waals surface area contributed by atoms with Crippen molar-refractivity contribution in [3.63, 3.8) is 0 Å². The summed E-state index contributed by atoms with van der Waals surface area (Å²) < 4.78 is 5.37. The van der Waals surface area contributed by atoms with Crippen LogP contribution >= 0.6 is 0 Å². The SMILES string of the molecule is CC.CC(C)C(=O)Oc1ccc2c(c1)C(=O)CC1CCCC[C@]21C. The molecule has 0 saturated heterocycles. The van der Waals surface area contributed by atoms with Crippen LogP contribution in [0.15, 0.2) is 18.2 Å². The number of esters is 1. The summed E-state index contributed by atoms with van der Waals surface area (Å²) in [6, 6.07) is 5.62. The van der Waals surface area contributed by atoms with Crippen LogP contribution in [-0.2, 0) is 10.2 Å². The smallest absolute Gasteiger partial charge is 0.313 e. The molecule has 1 aromatic rings. The van der Waals surface area contributed by atoms with E-state index < -0.39 is 0 Å². The summed E-state index contributed by atoms with van der Waals surface area (Å²) in [4.78, 5) is 24.3. The summed E-state index contributed by atoms with van der Waals surface area (Å²) in [5.74, 6) is 0.715. The van der Waals surface area contributed by atoms with Crippen molar-refractivity contribution in [2.24, 2.45) is 11.8 Å². The zero-order valence-electron chi connectivity index (χ0n) is 15.6. The van der Waals surface area contributed by atoms with E-state index in [4.69, 9.17) is 4.74 Å².